The van der Waals surface area contributed by atoms with Crippen molar-refractivity contribution in [1.29, 1.82) is 0 Å². The van der Waals surface area contributed by atoms with E-state index < -0.39 is 0 Å². The first-order chi connectivity index (χ1) is 5.47. The van der Waals surface area contributed by atoms with Gasteiger partial charge in [-0.1, -0.05) is 38.1 Å². The van der Waals surface area contributed by atoms with Gasteiger partial charge in [0.1, 0.15) is 0 Å². The molecule has 0 heterocycles. The Morgan fingerprint density at radius 2 is 1.36 bits per heavy atom. The van der Waals surface area contributed by atoms with Crippen LogP contribution in [0.3, 0.4) is 0 Å². The summed E-state index contributed by atoms with van der Waals surface area (Å²) in [5.74, 6) is 0. The summed E-state index contributed by atoms with van der Waals surface area (Å²) in [4.78, 5) is 0. The molecule has 0 aromatic heterocycles. The number of hydrogen-bond donors (Lipinski definition) is 0. The maximum absolute atomic E-state index is 3.04. The van der Waals surface area contributed by atoms with Crippen molar-refractivity contribution in [3.05, 3.63) is 41.1 Å². The van der Waals surface area contributed by atoms with Crippen molar-refractivity contribution in [3.8, 4) is 0 Å². The molecule has 0 N–H and O–H groups in total. The molecular formula is C11H12. The van der Waals surface area contributed by atoms with Crippen LogP contribution in [-0.4, -0.2) is 0 Å². The summed E-state index contributed by atoms with van der Waals surface area (Å²) in [6.45, 7) is 4.00. The molecule has 1 aliphatic carbocycles. The van der Waals surface area contributed by atoms with Crippen molar-refractivity contribution in [1.82, 2.24) is 0 Å². The molecule has 0 saturated carbocycles. The highest BCUT2D eigenvalue weighted by Crippen LogP contribution is 2.15. The Balaban J connectivity index is 0.000000281. The van der Waals surface area contributed by atoms with Crippen LogP contribution in [0, 0.1) is 0 Å². The molecule has 0 atom stereocenters. The first-order valence-corrected chi connectivity index (χ1v) is 3.98. The predicted octanol–water partition coefficient (Wildman–Crippen LogP) is 3.35. The summed E-state index contributed by atoms with van der Waals surface area (Å²) in [7, 11) is 0. The van der Waals surface area contributed by atoms with E-state index in [9.17, 15) is 0 Å². The fraction of sp³-hybridized carbons (Fsp3) is 0.182. The molecule has 0 fully saturated rings. The minimum Gasteiger partial charge on any atom is -0.120 e. The topological polar surface area (TPSA) is 0 Å². The monoisotopic (exact) mass is 144 g/mol. The highest BCUT2D eigenvalue weighted by atomic mass is 14.0. The Morgan fingerprint density at radius 1 is 0.909 bits per heavy atom. The first kappa shape index (κ1) is 7.84. The molecule has 0 nitrogen and oxygen atoms in total. The van der Waals surface area contributed by atoms with Gasteiger partial charge in [0.15, 0.2) is 0 Å². The second-order valence-electron chi connectivity index (χ2n) is 2.08. The van der Waals surface area contributed by atoms with Gasteiger partial charge in [0.05, 0.1) is 0 Å². The van der Waals surface area contributed by atoms with Gasteiger partial charge in [-0.25, -0.2) is 0 Å². The van der Waals surface area contributed by atoms with Crippen LogP contribution in [-0.2, 0) is 0 Å². The van der Waals surface area contributed by atoms with Crippen molar-refractivity contribution in [3.63, 3.8) is 0 Å². The lowest BCUT2D eigenvalue weighted by Gasteiger charge is -1.91. The normalized spacial score (nSPS) is 10.4. The molecule has 56 valence electrons. The van der Waals surface area contributed by atoms with Gasteiger partial charge >= 0.3 is 0 Å². The second kappa shape index (κ2) is 3.80. The molecule has 0 radical (unpaired) electrons. The molecule has 11 heavy (non-hydrogen) atoms. The maximum atomic E-state index is 3.04. The van der Waals surface area contributed by atoms with Gasteiger partial charge in [0, 0.05) is 0 Å². The van der Waals surface area contributed by atoms with E-state index in [1.807, 2.05) is 38.1 Å². The number of rotatable bonds is 0. The second-order valence-corrected chi connectivity index (χ2v) is 2.08. The summed E-state index contributed by atoms with van der Waals surface area (Å²) in [5.41, 5.74) is 5.59. The van der Waals surface area contributed by atoms with Crippen molar-refractivity contribution in [2.24, 2.45) is 0 Å². The van der Waals surface area contributed by atoms with Crippen LogP contribution < -0.4 is 0 Å². The van der Waals surface area contributed by atoms with Crippen LogP contribution >= 0.6 is 0 Å². The average Bonchev–Trinajstić information content (AvgIpc) is 2.55. The summed E-state index contributed by atoms with van der Waals surface area (Å²) < 4.78 is 0. The molecule has 0 bridgehead atoms. The highest BCUT2D eigenvalue weighted by Gasteiger charge is 1.95. The molecule has 0 saturated heterocycles. The van der Waals surface area contributed by atoms with Crippen LogP contribution in [0.4, 0.5) is 0 Å². The van der Waals surface area contributed by atoms with E-state index in [-0.39, 0.29) is 0 Å². The quantitative estimate of drug-likeness (QED) is 0.497. The average molecular weight is 144 g/mol. The third-order valence-corrected chi connectivity index (χ3v) is 1.47. The summed E-state index contributed by atoms with van der Waals surface area (Å²) in [6, 6.07) is 8.25. The van der Waals surface area contributed by atoms with Gasteiger partial charge in [-0.15, -0.1) is 5.73 Å². The van der Waals surface area contributed by atoms with Gasteiger partial charge in [-0.3, -0.25) is 0 Å². The number of fused-ring (bicyclic) bond motifs is 1. The number of hydrogen-bond acceptors (Lipinski definition) is 0. The van der Waals surface area contributed by atoms with Gasteiger partial charge in [-0.05, 0) is 23.3 Å². The smallest absolute Gasteiger partial charge is 0.0101 e. The Bertz CT molecular complexity index is 262. The highest BCUT2D eigenvalue weighted by molar-refractivity contribution is 5.72. The molecule has 1 aliphatic rings. The summed E-state index contributed by atoms with van der Waals surface area (Å²) >= 11 is 0. The molecule has 1 aromatic rings. The maximum Gasteiger partial charge on any atom is -0.0101 e. The third kappa shape index (κ3) is 1.60. The van der Waals surface area contributed by atoms with Gasteiger partial charge in [-0.2, -0.15) is 0 Å². The minimum absolute atomic E-state index is 1.28. The Kier molecular flexibility index (Phi) is 2.71. The van der Waals surface area contributed by atoms with E-state index >= 15 is 0 Å². The lowest BCUT2D eigenvalue weighted by atomic mass is 10.1. The lowest BCUT2D eigenvalue weighted by Crippen LogP contribution is -1.72. The fourth-order valence-electron chi connectivity index (χ4n) is 0.995. The van der Waals surface area contributed by atoms with E-state index in [2.05, 4.69) is 17.9 Å². The fourth-order valence-corrected chi connectivity index (χ4v) is 0.995. The van der Waals surface area contributed by atoms with E-state index in [1.165, 1.54) is 11.1 Å². The van der Waals surface area contributed by atoms with Gasteiger partial charge in [0.25, 0.3) is 0 Å². The van der Waals surface area contributed by atoms with Gasteiger partial charge in [0.2, 0.25) is 0 Å². The minimum atomic E-state index is 1.28. The SMILES string of the molecule is C1=Cc2ccccc2C=1.CC. The summed E-state index contributed by atoms with van der Waals surface area (Å²) in [6.07, 6.45) is 3.99. The predicted molar refractivity (Wildman–Crippen MR) is 50.2 cm³/mol. The van der Waals surface area contributed by atoms with Crippen LogP contribution in [0.1, 0.15) is 25.0 Å². The Morgan fingerprint density at radius 3 is 1.82 bits per heavy atom. The lowest BCUT2D eigenvalue weighted by molar-refractivity contribution is 1.50. The standard InChI is InChI=1S/C9H6.C2H6/c1-2-5-9-7-3-6-8(9)4-1;1-2/h1-2,4-7H;1-2H3. The van der Waals surface area contributed by atoms with Crippen LogP contribution in [0.2, 0.25) is 0 Å². The van der Waals surface area contributed by atoms with E-state index in [1.54, 1.807) is 0 Å². The molecule has 0 unspecified atom stereocenters. The molecule has 0 spiro atoms. The van der Waals surface area contributed by atoms with Crippen LogP contribution in [0.5, 0.6) is 0 Å². The van der Waals surface area contributed by atoms with Crippen molar-refractivity contribution >= 4 is 12.2 Å². The summed E-state index contributed by atoms with van der Waals surface area (Å²) in [5, 5.41) is 0. The Labute approximate surface area is 67.9 Å². The molecule has 0 amide bonds. The van der Waals surface area contributed by atoms with Crippen molar-refractivity contribution in [2.75, 3.05) is 0 Å². The largest absolute Gasteiger partial charge is 0.120 e. The zero-order chi connectivity index (χ0) is 8.10. The zero-order valence-corrected chi connectivity index (χ0v) is 6.96. The molecule has 1 aromatic carbocycles. The van der Waals surface area contributed by atoms with E-state index in [0.29, 0.717) is 0 Å². The third-order valence-electron chi connectivity index (χ3n) is 1.47. The Hall–Kier alpha value is -1.26. The van der Waals surface area contributed by atoms with Crippen LogP contribution in [0.15, 0.2) is 30.0 Å². The van der Waals surface area contributed by atoms with Crippen LogP contribution in [0.25, 0.3) is 12.2 Å². The van der Waals surface area contributed by atoms with Crippen molar-refractivity contribution < 1.29 is 0 Å². The zero-order valence-electron chi connectivity index (χ0n) is 6.96. The number of benzene rings is 1. The van der Waals surface area contributed by atoms with Crippen molar-refractivity contribution in [2.45, 2.75) is 13.8 Å². The van der Waals surface area contributed by atoms with E-state index in [4.69, 9.17) is 0 Å². The molecule has 0 heteroatoms. The molecular weight excluding hydrogens is 132 g/mol. The molecule has 0 aliphatic heterocycles. The molecule has 2 rings (SSSR count). The first-order valence-electron chi connectivity index (χ1n) is 3.98. The van der Waals surface area contributed by atoms with E-state index in [0.717, 1.165) is 0 Å². The van der Waals surface area contributed by atoms with Gasteiger partial charge < -0.3 is 0 Å².